The molecule has 7 nitrogen and oxygen atoms in total. The first-order valence-electron chi connectivity index (χ1n) is 9.08. The van der Waals surface area contributed by atoms with Crippen LogP contribution in [0.25, 0.3) is 0 Å². The van der Waals surface area contributed by atoms with Crippen LogP contribution in [0.15, 0.2) is 0 Å². The van der Waals surface area contributed by atoms with Gasteiger partial charge in [0.2, 0.25) is 6.29 Å². The number of nitrogens with one attached hydrogen (secondary N) is 1. The van der Waals surface area contributed by atoms with Crippen molar-refractivity contribution < 1.29 is 29.0 Å². The van der Waals surface area contributed by atoms with E-state index >= 15 is 0 Å². The number of carboxylic acids is 1. The molecule has 0 spiro atoms. The summed E-state index contributed by atoms with van der Waals surface area (Å²) in [5, 5.41) is 11.6. The Morgan fingerprint density at radius 2 is 1.76 bits per heavy atom. The fraction of sp³-hybridized carbons (Fsp3) is 0.833. The van der Waals surface area contributed by atoms with Crippen molar-refractivity contribution in [2.24, 2.45) is 11.8 Å². The fourth-order valence-corrected chi connectivity index (χ4v) is 2.77. The van der Waals surface area contributed by atoms with Crippen LogP contribution in [-0.4, -0.2) is 36.0 Å². The summed E-state index contributed by atoms with van der Waals surface area (Å²) >= 11 is 0. The van der Waals surface area contributed by atoms with E-state index in [1.54, 1.807) is 0 Å². The molecule has 0 unspecified atom stereocenters. The van der Waals surface area contributed by atoms with Gasteiger partial charge in [-0.2, -0.15) is 0 Å². The number of esters is 1. The molecule has 0 aromatic heterocycles. The van der Waals surface area contributed by atoms with Crippen LogP contribution < -0.4 is 5.32 Å². The maximum absolute atomic E-state index is 11.7. The lowest BCUT2D eigenvalue weighted by molar-refractivity contribution is -0.162. The number of amides is 1. The third kappa shape index (κ3) is 14.3. The summed E-state index contributed by atoms with van der Waals surface area (Å²) in [7, 11) is 0. The second-order valence-electron chi connectivity index (χ2n) is 6.62. The van der Waals surface area contributed by atoms with Gasteiger partial charge >= 0.3 is 18.0 Å². The van der Waals surface area contributed by atoms with E-state index in [0.29, 0.717) is 5.92 Å². The zero-order valence-corrected chi connectivity index (χ0v) is 15.9. The van der Waals surface area contributed by atoms with Gasteiger partial charge in [-0.15, -0.1) is 0 Å². The number of carboxylic acid groups (broad SMARTS) is 1. The third-order valence-electron chi connectivity index (χ3n) is 3.89. The maximum atomic E-state index is 11.7. The van der Waals surface area contributed by atoms with Gasteiger partial charge in [0.15, 0.2) is 0 Å². The average Bonchev–Trinajstić information content (AvgIpc) is 2.47. The van der Waals surface area contributed by atoms with E-state index in [0.717, 1.165) is 19.3 Å². The van der Waals surface area contributed by atoms with Gasteiger partial charge in [-0.3, -0.25) is 9.59 Å². The first kappa shape index (κ1) is 23.2. The van der Waals surface area contributed by atoms with E-state index < -0.39 is 24.3 Å². The maximum Gasteiger partial charge on any atom is 0.410 e. The number of carbonyl (C=O) groups excluding carboxylic acids is 2. The molecule has 0 heterocycles. The van der Waals surface area contributed by atoms with Crippen molar-refractivity contribution >= 4 is 18.0 Å². The summed E-state index contributed by atoms with van der Waals surface area (Å²) in [5.41, 5.74) is 0. The van der Waals surface area contributed by atoms with Crippen molar-refractivity contribution in [1.82, 2.24) is 5.32 Å². The molecule has 7 heteroatoms. The van der Waals surface area contributed by atoms with E-state index in [4.69, 9.17) is 14.6 Å². The van der Waals surface area contributed by atoms with Crippen LogP contribution >= 0.6 is 0 Å². The van der Waals surface area contributed by atoms with Crippen LogP contribution in [0.5, 0.6) is 0 Å². The molecule has 3 atom stereocenters. The Kier molecular flexibility index (Phi) is 12.5. The molecular formula is C18H33NO6. The predicted molar refractivity (Wildman–Crippen MR) is 94.0 cm³/mol. The molecular weight excluding hydrogens is 326 g/mol. The lowest BCUT2D eigenvalue weighted by Crippen LogP contribution is -2.34. The molecule has 2 N–H and O–H groups in total. The Morgan fingerprint density at radius 1 is 1.08 bits per heavy atom. The lowest BCUT2D eigenvalue weighted by Gasteiger charge is -2.21. The second-order valence-corrected chi connectivity index (χ2v) is 6.62. The normalized spacial score (nSPS) is 14.2. The minimum absolute atomic E-state index is 0.000913. The number of unbranched alkanes of at least 4 members (excludes halogenated alkanes) is 3. The minimum atomic E-state index is -0.979. The SMILES string of the molecule is CCCCCC[C@@H](C)C[C@H](CNC(=O)O[C@@H](C)OC(C)=O)CC(=O)O. The summed E-state index contributed by atoms with van der Waals surface area (Å²) in [5.74, 6) is -1.18. The highest BCUT2D eigenvalue weighted by molar-refractivity contribution is 5.69. The molecule has 0 aromatic carbocycles. The Balaban J connectivity index is 4.26. The highest BCUT2D eigenvalue weighted by atomic mass is 16.7. The molecule has 0 aliphatic rings. The highest BCUT2D eigenvalue weighted by Gasteiger charge is 2.19. The third-order valence-corrected chi connectivity index (χ3v) is 3.89. The van der Waals surface area contributed by atoms with Gasteiger partial charge in [0.1, 0.15) is 0 Å². The number of ether oxygens (including phenoxy) is 2. The Labute approximate surface area is 150 Å². The average molecular weight is 359 g/mol. The van der Waals surface area contributed by atoms with E-state index in [2.05, 4.69) is 19.2 Å². The Bertz CT molecular complexity index is 412. The van der Waals surface area contributed by atoms with Gasteiger partial charge in [-0.1, -0.05) is 46.0 Å². The van der Waals surface area contributed by atoms with Gasteiger partial charge in [0, 0.05) is 26.8 Å². The van der Waals surface area contributed by atoms with Crippen LogP contribution in [0.2, 0.25) is 0 Å². The van der Waals surface area contributed by atoms with Crippen molar-refractivity contribution in [3.63, 3.8) is 0 Å². The molecule has 0 saturated carbocycles. The Morgan fingerprint density at radius 3 is 2.32 bits per heavy atom. The van der Waals surface area contributed by atoms with Crippen LogP contribution in [0, 0.1) is 11.8 Å². The summed E-state index contributed by atoms with van der Waals surface area (Å²) in [6.45, 7) is 7.16. The summed E-state index contributed by atoms with van der Waals surface area (Å²) < 4.78 is 9.58. The molecule has 146 valence electrons. The van der Waals surface area contributed by atoms with Gasteiger partial charge in [0.05, 0.1) is 0 Å². The van der Waals surface area contributed by atoms with Crippen molar-refractivity contribution in [2.45, 2.75) is 78.9 Å². The van der Waals surface area contributed by atoms with E-state index in [1.807, 2.05) is 0 Å². The fourth-order valence-electron chi connectivity index (χ4n) is 2.77. The van der Waals surface area contributed by atoms with E-state index in [9.17, 15) is 14.4 Å². The standard InChI is InChI=1S/C18H33NO6/c1-5-6-7-8-9-13(2)10-16(11-17(21)22)12-19-18(23)25-15(4)24-14(3)20/h13,15-16H,5-12H2,1-4H3,(H,19,23)(H,21,22)/t13-,15+,16+/m1/s1. The smallest absolute Gasteiger partial charge is 0.410 e. The molecule has 0 fully saturated rings. The van der Waals surface area contributed by atoms with Gasteiger partial charge < -0.3 is 19.9 Å². The van der Waals surface area contributed by atoms with Gasteiger partial charge in [0.25, 0.3) is 0 Å². The van der Waals surface area contributed by atoms with E-state index in [1.165, 1.54) is 33.1 Å². The number of carbonyl (C=O) groups is 3. The summed E-state index contributed by atoms with van der Waals surface area (Å²) in [4.78, 5) is 33.5. The number of hydrogen-bond donors (Lipinski definition) is 2. The largest absolute Gasteiger partial charge is 0.481 e. The number of aliphatic carboxylic acids is 1. The zero-order chi connectivity index (χ0) is 19.2. The first-order chi connectivity index (χ1) is 11.7. The molecule has 0 aromatic rings. The molecule has 0 aliphatic heterocycles. The molecule has 0 aliphatic carbocycles. The van der Waals surface area contributed by atoms with Crippen molar-refractivity contribution in [1.29, 1.82) is 0 Å². The van der Waals surface area contributed by atoms with E-state index in [-0.39, 0.29) is 18.9 Å². The van der Waals surface area contributed by atoms with Crippen molar-refractivity contribution in [3.8, 4) is 0 Å². The molecule has 1 amide bonds. The highest BCUT2D eigenvalue weighted by Crippen LogP contribution is 2.21. The zero-order valence-electron chi connectivity index (χ0n) is 15.9. The minimum Gasteiger partial charge on any atom is -0.481 e. The van der Waals surface area contributed by atoms with Crippen LogP contribution in [0.4, 0.5) is 4.79 Å². The topological polar surface area (TPSA) is 102 Å². The quantitative estimate of drug-likeness (QED) is 0.295. The molecule has 0 bridgehead atoms. The van der Waals surface area contributed by atoms with Crippen LogP contribution in [-0.2, 0) is 19.1 Å². The first-order valence-corrected chi connectivity index (χ1v) is 9.08. The molecule has 0 saturated heterocycles. The summed E-state index contributed by atoms with van der Waals surface area (Å²) in [6, 6.07) is 0. The molecule has 25 heavy (non-hydrogen) atoms. The lowest BCUT2D eigenvalue weighted by atomic mass is 9.89. The van der Waals surface area contributed by atoms with Gasteiger partial charge in [-0.25, -0.2) is 4.79 Å². The van der Waals surface area contributed by atoms with Crippen LogP contribution in [0.1, 0.15) is 72.6 Å². The monoisotopic (exact) mass is 359 g/mol. The van der Waals surface area contributed by atoms with Crippen molar-refractivity contribution in [3.05, 3.63) is 0 Å². The molecule has 0 radical (unpaired) electrons. The number of rotatable bonds is 13. The number of alkyl carbamates (subject to hydrolysis) is 1. The second kappa shape index (κ2) is 13.5. The van der Waals surface area contributed by atoms with Crippen molar-refractivity contribution in [2.75, 3.05) is 6.54 Å². The Hall–Kier alpha value is -1.79. The van der Waals surface area contributed by atoms with Gasteiger partial charge in [-0.05, 0) is 18.3 Å². The summed E-state index contributed by atoms with van der Waals surface area (Å²) in [6.07, 6.45) is 4.84. The van der Waals surface area contributed by atoms with Crippen LogP contribution in [0.3, 0.4) is 0 Å². The molecule has 0 rings (SSSR count). The number of hydrogen-bond acceptors (Lipinski definition) is 5. The predicted octanol–water partition coefficient (Wildman–Crippen LogP) is 3.71.